The van der Waals surface area contributed by atoms with Gasteiger partial charge in [0.2, 0.25) is 5.91 Å². The van der Waals surface area contributed by atoms with Gasteiger partial charge in [-0.05, 0) is 12.8 Å². The van der Waals surface area contributed by atoms with E-state index in [1.54, 1.807) is 4.90 Å². The van der Waals surface area contributed by atoms with E-state index >= 15 is 0 Å². The molecule has 21 heavy (non-hydrogen) atoms. The van der Waals surface area contributed by atoms with E-state index in [0.717, 1.165) is 25.9 Å². The highest BCUT2D eigenvalue weighted by Gasteiger charge is 2.19. The summed E-state index contributed by atoms with van der Waals surface area (Å²) in [6.07, 6.45) is 2.07. The van der Waals surface area contributed by atoms with Gasteiger partial charge in [0.1, 0.15) is 5.69 Å². The Bertz CT molecular complexity index is 537. The summed E-state index contributed by atoms with van der Waals surface area (Å²) in [5.74, 6) is -2.16. The van der Waals surface area contributed by atoms with Gasteiger partial charge in [-0.3, -0.25) is 14.9 Å². The fourth-order valence-electron chi connectivity index (χ4n) is 2.25. The van der Waals surface area contributed by atoms with Crippen molar-refractivity contribution in [2.45, 2.75) is 19.3 Å². The molecule has 1 saturated heterocycles. The minimum absolute atomic E-state index is 0.0669. The Morgan fingerprint density at radius 3 is 2.38 bits per heavy atom. The van der Waals surface area contributed by atoms with Crippen LogP contribution in [0, 0.1) is 21.7 Å². The fraction of sp³-hybridized carbons (Fsp3) is 0.462. The van der Waals surface area contributed by atoms with Crippen LogP contribution < -0.4 is 5.32 Å². The third-order valence-electron chi connectivity index (χ3n) is 3.34. The van der Waals surface area contributed by atoms with Crippen LogP contribution in [0.4, 0.5) is 20.2 Å². The average Bonchev–Trinajstić information content (AvgIpc) is 2.95. The molecule has 0 aromatic heterocycles. The zero-order chi connectivity index (χ0) is 15.4. The van der Waals surface area contributed by atoms with Gasteiger partial charge in [0.25, 0.3) is 5.69 Å². The van der Waals surface area contributed by atoms with Gasteiger partial charge in [0, 0.05) is 26.1 Å². The summed E-state index contributed by atoms with van der Waals surface area (Å²) < 4.78 is 27.2. The molecule has 2 rings (SSSR count). The predicted molar refractivity (Wildman–Crippen MR) is 71.9 cm³/mol. The zero-order valence-corrected chi connectivity index (χ0v) is 11.3. The smallest absolute Gasteiger partial charge is 0.275 e. The first-order chi connectivity index (χ1) is 9.99. The third-order valence-corrected chi connectivity index (χ3v) is 3.34. The van der Waals surface area contributed by atoms with Crippen LogP contribution in [0.1, 0.15) is 19.3 Å². The van der Waals surface area contributed by atoms with Gasteiger partial charge in [-0.25, -0.2) is 8.78 Å². The Balaban J connectivity index is 1.94. The summed E-state index contributed by atoms with van der Waals surface area (Å²) in [7, 11) is 0. The van der Waals surface area contributed by atoms with Gasteiger partial charge < -0.3 is 10.2 Å². The summed E-state index contributed by atoms with van der Waals surface area (Å²) in [5, 5.41) is 13.0. The van der Waals surface area contributed by atoms with Crippen molar-refractivity contribution in [1.29, 1.82) is 0 Å². The SMILES string of the molecule is O=C(CCNc1c(F)cc([N+](=O)[O-])cc1F)N1CCCC1. The lowest BCUT2D eigenvalue weighted by Crippen LogP contribution is -2.29. The van der Waals surface area contributed by atoms with Crippen molar-refractivity contribution in [1.82, 2.24) is 4.90 Å². The molecule has 1 aromatic carbocycles. The molecule has 1 N–H and O–H groups in total. The molecule has 0 saturated carbocycles. The maximum atomic E-state index is 13.6. The van der Waals surface area contributed by atoms with Crippen molar-refractivity contribution in [3.63, 3.8) is 0 Å². The molecule has 1 amide bonds. The normalized spacial score (nSPS) is 14.3. The highest BCUT2D eigenvalue weighted by molar-refractivity contribution is 5.77. The summed E-state index contributed by atoms with van der Waals surface area (Å²) in [5.41, 5.74) is -1.10. The second-order valence-electron chi connectivity index (χ2n) is 4.81. The first-order valence-electron chi connectivity index (χ1n) is 6.64. The van der Waals surface area contributed by atoms with Gasteiger partial charge in [-0.2, -0.15) is 0 Å². The van der Waals surface area contributed by atoms with Crippen LogP contribution in [0.25, 0.3) is 0 Å². The number of nitro benzene ring substituents is 1. The molecular formula is C13H15F2N3O3. The standard InChI is InChI=1S/C13H15F2N3O3/c14-10-7-9(18(20)21)8-11(15)13(10)16-4-3-12(19)17-5-1-2-6-17/h7-8,16H,1-6H2. The van der Waals surface area contributed by atoms with E-state index in [9.17, 15) is 23.7 Å². The molecule has 1 fully saturated rings. The largest absolute Gasteiger partial charge is 0.380 e. The number of nitro groups is 1. The first-order valence-corrected chi connectivity index (χ1v) is 6.64. The topological polar surface area (TPSA) is 75.5 Å². The highest BCUT2D eigenvalue weighted by Crippen LogP contribution is 2.24. The molecule has 0 bridgehead atoms. The number of nitrogens with zero attached hydrogens (tertiary/aromatic N) is 2. The molecule has 6 nitrogen and oxygen atoms in total. The number of hydrogen-bond donors (Lipinski definition) is 1. The number of amides is 1. The lowest BCUT2D eigenvalue weighted by atomic mass is 10.2. The Hall–Kier alpha value is -2.25. The van der Waals surface area contributed by atoms with Gasteiger partial charge in [-0.1, -0.05) is 0 Å². The third kappa shape index (κ3) is 3.65. The molecule has 0 atom stereocenters. The van der Waals surface area contributed by atoms with Crippen molar-refractivity contribution in [2.75, 3.05) is 25.0 Å². The number of nitrogens with one attached hydrogen (secondary N) is 1. The lowest BCUT2D eigenvalue weighted by molar-refractivity contribution is -0.385. The van der Waals surface area contributed by atoms with E-state index < -0.39 is 27.9 Å². The Kier molecular flexibility index (Phi) is 4.66. The molecule has 0 unspecified atom stereocenters. The quantitative estimate of drug-likeness (QED) is 0.668. The number of likely N-dealkylation sites (tertiary alicyclic amines) is 1. The molecule has 1 aliphatic heterocycles. The van der Waals surface area contributed by atoms with Crippen LogP contribution >= 0.6 is 0 Å². The van der Waals surface area contributed by atoms with Gasteiger partial charge in [0.05, 0.1) is 17.1 Å². The minimum atomic E-state index is -1.05. The molecule has 0 spiro atoms. The predicted octanol–water partition coefficient (Wildman–Crippen LogP) is 2.30. The van der Waals surface area contributed by atoms with Gasteiger partial charge in [-0.15, -0.1) is 0 Å². The number of carbonyl (C=O) groups is 1. The number of rotatable bonds is 5. The Labute approximate surface area is 119 Å². The van der Waals surface area contributed by atoms with Crippen LogP contribution in [0.2, 0.25) is 0 Å². The molecule has 1 aromatic rings. The highest BCUT2D eigenvalue weighted by atomic mass is 19.1. The van der Waals surface area contributed by atoms with Crippen molar-refractivity contribution >= 4 is 17.3 Å². The molecule has 0 aliphatic carbocycles. The fourth-order valence-corrected chi connectivity index (χ4v) is 2.25. The molecular weight excluding hydrogens is 284 g/mol. The summed E-state index contributed by atoms with van der Waals surface area (Å²) in [6.45, 7) is 1.51. The van der Waals surface area contributed by atoms with E-state index in [0.29, 0.717) is 12.1 Å². The number of hydrogen-bond acceptors (Lipinski definition) is 4. The van der Waals surface area contributed by atoms with E-state index in [-0.39, 0.29) is 18.9 Å². The van der Waals surface area contributed by atoms with Crippen LogP contribution in [-0.4, -0.2) is 35.4 Å². The minimum Gasteiger partial charge on any atom is -0.380 e. The van der Waals surface area contributed by atoms with E-state index in [1.807, 2.05) is 0 Å². The number of non-ortho nitro benzene ring substituents is 1. The maximum Gasteiger partial charge on any atom is 0.275 e. The van der Waals surface area contributed by atoms with Crippen LogP contribution in [0.15, 0.2) is 12.1 Å². The second kappa shape index (κ2) is 6.47. The van der Waals surface area contributed by atoms with E-state index in [1.165, 1.54) is 0 Å². The van der Waals surface area contributed by atoms with Crippen LogP contribution in [-0.2, 0) is 4.79 Å². The van der Waals surface area contributed by atoms with Gasteiger partial charge in [0.15, 0.2) is 11.6 Å². The van der Waals surface area contributed by atoms with Crippen molar-refractivity contribution in [3.8, 4) is 0 Å². The number of anilines is 1. The zero-order valence-electron chi connectivity index (χ0n) is 11.3. The number of benzene rings is 1. The Morgan fingerprint density at radius 1 is 1.29 bits per heavy atom. The monoisotopic (exact) mass is 299 g/mol. The number of halogens is 2. The molecule has 0 radical (unpaired) electrons. The van der Waals surface area contributed by atoms with Crippen molar-refractivity contribution in [3.05, 3.63) is 33.9 Å². The number of carbonyl (C=O) groups excluding carboxylic acids is 1. The summed E-state index contributed by atoms with van der Waals surface area (Å²) in [4.78, 5) is 23.1. The first kappa shape index (κ1) is 15.1. The molecule has 114 valence electrons. The van der Waals surface area contributed by atoms with E-state index in [2.05, 4.69) is 5.32 Å². The molecule has 1 heterocycles. The van der Waals surface area contributed by atoms with Crippen LogP contribution in [0.5, 0.6) is 0 Å². The summed E-state index contributed by atoms with van der Waals surface area (Å²) in [6, 6.07) is 1.29. The Morgan fingerprint density at radius 2 is 1.86 bits per heavy atom. The molecule has 1 aliphatic rings. The van der Waals surface area contributed by atoms with Crippen molar-refractivity contribution < 1.29 is 18.5 Å². The maximum absolute atomic E-state index is 13.6. The molecule has 8 heteroatoms. The second-order valence-corrected chi connectivity index (χ2v) is 4.81. The van der Waals surface area contributed by atoms with E-state index in [4.69, 9.17) is 0 Å². The van der Waals surface area contributed by atoms with Crippen molar-refractivity contribution in [2.24, 2.45) is 0 Å². The summed E-state index contributed by atoms with van der Waals surface area (Å²) >= 11 is 0. The lowest BCUT2D eigenvalue weighted by Gasteiger charge is -2.15. The average molecular weight is 299 g/mol. The van der Waals surface area contributed by atoms with Crippen LogP contribution in [0.3, 0.4) is 0 Å². The van der Waals surface area contributed by atoms with Gasteiger partial charge >= 0.3 is 0 Å².